The van der Waals surface area contributed by atoms with E-state index >= 15 is 0 Å². The minimum atomic E-state index is -0.186. The van der Waals surface area contributed by atoms with E-state index in [1.54, 1.807) is 6.92 Å². The van der Waals surface area contributed by atoms with E-state index in [0.717, 1.165) is 38.0 Å². The molecule has 1 aliphatic rings. The monoisotopic (exact) mass is 364 g/mol. The van der Waals surface area contributed by atoms with Crippen molar-refractivity contribution in [2.45, 2.75) is 46.0 Å². The first kappa shape index (κ1) is 20.8. The molecule has 1 N–H and O–H groups in total. The number of ether oxygens (including phenoxy) is 1. The van der Waals surface area contributed by atoms with E-state index < -0.39 is 0 Å². The molecule has 1 amide bonds. The van der Waals surface area contributed by atoms with Gasteiger partial charge >= 0.3 is 0 Å². The van der Waals surface area contributed by atoms with E-state index in [4.69, 9.17) is 4.74 Å². The lowest BCUT2D eigenvalue weighted by molar-refractivity contribution is -0.121. The zero-order valence-electron chi connectivity index (χ0n) is 16.4. The summed E-state index contributed by atoms with van der Waals surface area (Å²) in [6, 6.07) is 5.23. The topological polar surface area (TPSA) is 41.6 Å². The van der Waals surface area contributed by atoms with Gasteiger partial charge in [0.05, 0.1) is 13.2 Å². The van der Waals surface area contributed by atoms with Crippen molar-refractivity contribution in [2.24, 2.45) is 5.92 Å². The number of hydrogen-bond acceptors (Lipinski definition) is 3. The Morgan fingerprint density at radius 3 is 2.65 bits per heavy atom. The lowest BCUT2D eigenvalue weighted by atomic mass is 9.89. The summed E-state index contributed by atoms with van der Waals surface area (Å²) in [6.07, 6.45) is 2.78. The molecule has 0 heterocycles. The van der Waals surface area contributed by atoms with Crippen molar-refractivity contribution in [1.82, 2.24) is 10.2 Å². The second kappa shape index (κ2) is 10.6. The minimum Gasteiger partial charge on any atom is -0.378 e. The Labute approximate surface area is 157 Å². The maximum absolute atomic E-state index is 13.5. The molecule has 0 saturated heterocycles. The van der Waals surface area contributed by atoms with Crippen molar-refractivity contribution >= 4 is 5.91 Å². The average Bonchev–Trinajstić information content (AvgIpc) is 3.46. The summed E-state index contributed by atoms with van der Waals surface area (Å²) < 4.78 is 19.1. The highest BCUT2D eigenvalue weighted by Crippen LogP contribution is 2.44. The second-order valence-corrected chi connectivity index (χ2v) is 7.15. The van der Waals surface area contributed by atoms with Crippen LogP contribution in [0.5, 0.6) is 0 Å². The van der Waals surface area contributed by atoms with Gasteiger partial charge in [-0.25, -0.2) is 4.39 Å². The molecular weight excluding hydrogens is 331 g/mol. The van der Waals surface area contributed by atoms with Crippen LogP contribution in [0.15, 0.2) is 18.2 Å². The van der Waals surface area contributed by atoms with Crippen molar-refractivity contribution < 1.29 is 13.9 Å². The number of nitrogens with zero attached hydrogens (tertiary/aromatic N) is 1. The number of amides is 1. The maximum atomic E-state index is 13.5. The van der Waals surface area contributed by atoms with Gasteiger partial charge in [-0.05, 0) is 61.9 Å². The van der Waals surface area contributed by atoms with Gasteiger partial charge in [0, 0.05) is 19.5 Å². The average molecular weight is 365 g/mol. The molecule has 1 aromatic carbocycles. The summed E-state index contributed by atoms with van der Waals surface area (Å²) in [6.45, 7) is 10.8. The smallest absolute Gasteiger partial charge is 0.220 e. The fourth-order valence-corrected chi connectivity index (χ4v) is 3.32. The van der Waals surface area contributed by atoms with Gasteiger partial charge in [-0.3, -0.25) is 4.79 Å². The number of rotatable bonds is 12. The highest BCUT2D eigenvalue weighted by molar-refractivity contribution is 5.77. The van der Waals surface area contributed by atoms with Crippen LogP contribution in [0.2, 0.25) is 0 Å². The van der Waals surface area contributed by atoms with Crippen molar-refractivity contribution in [3.05, 3.63) is 35.1 Å². The van der Waals surface area contributed by atoms with Crippen molar-refractivity contribution in [1.29, 1.82) is 0 Å². The molecule has 146 valence electrons. The third-order valence-electron chi connectivity index (χ3n) is 5.22. The van der Waals surface area contributed by atoms with Gasteiger partial charge in [-0.2, -0.15) is 0 Å². The summed E-state index contributed by atoms with van der Waals surface area (Å²) in [4.78, 5) is 14.6. The maximum Gasteiger partial charge on any atom is 0.220 e. The summed E-state index contributed by atoms with van der Waals surface area (Å²) in [5.41, 5.74) is 1.73. The molecule has 2 rings (SSSR count). The van der Waals surface area contributed by atoms with Crippen molar-refractivity contribution in [3.8, 4) is 0 Å². The van der Waals surface area contributed by atoms with Crippen LogP contribution in [0, 0.1) is 18.7 Å². The van der Waals surface area contributed by atoms with Gasteiger partial charge < -0.3 is 15.0 Å². The van der Waals surface area contributed by atoms with E-state index in [2.05, 4.69) is 24.1 Å². The Balaban J connectivity index is 1.70. The Morgan fingerprint density at radius 1 is 1.31 bits per heavy atom. The lowest BCUT2D eigenvalue weighted by Crippen LogP contribution is -2.31. The van der Waals surface area contributed by atoms with Crippen LogP contribution >= 0.6 is 0 Å². The number of carbonyl (C=O) groups excluding carboxylic acids is 1. The highest BCUT2D eigenvalue weighted by atomic mass is 19.1. The minimum absolute atomic E-state index is 0.0521. The zero-order valence-corrected chi connectivity index (χ0v) is 16.4. The molecule has 0 bridgehead atoms. The van der Waals surface area contributed by atoms with Gasteiger partial charge in [0.25, 0.3) is 0 Å². The van der Waals surface area contributed by atoms with Gasteiger partial charge in [0.2, 0.25) is 5.91 Å². The first-order valence-corrected chi connectivity index (χ1v) is 9.88. The third kappa shape index (κ3) is 6.69. The quantitative estimate of drug-likeness (QED) is 0.577. The van der Waals surface area contributed by atoms with Gasteiger partial charge in [0.1, 0.15) is 5.82 Å². The SMILES string of the molecule is CCN(CC)CCOCCNC(=O)CC(c1ccc(F)c(C)c1)C1CC1. The van der Waals surface area contributed by atoms with Gasteiger partial charge in [0.15, 0.2) is 0 Å². The highest BCUT2D eigenvalue weighted by Gasteiger charge is 2.33. The van der Waals surface area contributed by atoms with E-state index in [-0.39, 0.29) is 17.6 Å². The largest absolute Gasteiger partial charge is 0.378 e. The van der Waals surface area contributed by atoms with Crippen molar-refractivity contribution in [3.63, 3.8) is 0 Å². The van der Waals surface area contributed by atoms with Crippen LogP contribution in [0.25, 0.3) is 0 Å². The molecule has 1 atom stereocenters. The Hall–Kier alpha value is -1.46. The Morgan fingerprint density at radius 2 is 2.04 bits per heavy atom. The second-order valence-electron chi connectivity index (χ2n) is 7.15. The van der Waals surface area contributed by atoms with Crippen LogP contribution in [0.3, 0.4) is 0 Å². The molecule has 1 unspecified atom stereocenters. The number of aryl methyl sites for hydroxylation is 1. The summed E-state index contributed by atoms with van der Waals surface area (Å²) in [5, 5.41) is 2.96. The molecule has 1 aromatic rings. The molecule has 1 fully saturated rings. The number of benzene rings is 1. The van der Waals surface area contributed by atoms with Gasteiger partial charge in [-0.1, -0.05) is 26.0 Å². The van der Waals surface area contributed by atoms with Crippen LogP contribution < -0.4 is 5.32 Å². The number of carbonyl (C=O) groups is 1. The summed E-state index contributed by atoms with van der Waals surface area (Å²) in [7, 11) is 0. The third-order valence-corrected chi connectivity index (χ3v) is 5.22. The number of hydrogen-bond donors (Lipinski definition) is 1. The van der Waals surface area contributed by atoms with Crippen LogP contribution in [0.4, 0.5) is 4.39 Å². The van der Waals surface area contributed by atoms with E-state index in [0.29, 0.717) is 37.7 Å². The molecule has 0 aliphatic heterocycles. The van der Waals surface area contributed by atoms with E-state index in [1.165, 1.54) is 6.07 Å². The van der Waals surface area contributed by atoms with Gasteiger partial charge in [-0.15, -0.1) is 0 Å². The number of halogens is 1. The number of likely N-dealkylation sites (N-methyl/N-ethyl adjacent to an activating group) is 1. The standard InChI is InChI=1S/C21H33FN2O2/c1-4-24(5-2)11-13-26-12-10-23-21(25)15-19(17-6-7-17)18-8-9-20(22)16(3)14-18/h8-9,14,17,19H,4-7,10-13,15H2,1-3H3,(H,23,25). The normalized spacial score (nSPS) is 15.3. The summed E-state index contributed by atoms with van der Waals surface area (Å²) in [5.74, 6) is 0.611. The Bertz CT molecular complexity index is 571. The van der Waals surface area contributed by atoms with Crippen LogP contribution in [0.1, 0.15) is 50.2 Å². The van der Waals surface area contributed by atoms with Crippen LogP contribution in [-0.2, 0) is 9.53 Å². The molecule has 4 nitrogen and oxygen atoms in total. The van der Waals surface area contributed by atoms with Crippen LogP contribution in [-0.4, -0.2) is 50.2 Å². The fourth-order valence-electron chi connectivity index (χ4n) is 3.32. The predicted octanol–water partition coefficient (Wildman–Crippen LogP) is 3.49. The molecule has 5 heteroatoms. The lowest BCUT2D eigenvalue weighted by Gasteiger charge is -2.18. The molecule has 0 spiro atoms. The molecule has 0 aromatic heterocycles. The van der Waals surface area contributed by atoms with E-state index in [9.17, 15) is 9.18 Å². The van der Waals surface area contributed by atoms with Crippen molar-refractivity contribution in [2.75, 3.05) is 39.4 Å². The molecular formula is C21H33FN2O2. The summed E-state index contributed by atoms with van der Waals surface area (Å²) >= 11 is 0. The predicted molar refractivity (Wildman–Crippen MR) is 103 cm³/mol. The first-order valence-electron chi connectivity index (χ1n) is 9.88. The Kier molecular flexibility index (Phi) is 8.52. The first-order chi connectivity index (χ1) is 12.5. The molecule has 1 saturated carbocycles. The molecule has 26 heavy (non-hydrogen) atoms. The van der Waals surface area contributed by atoms with E-state index in [1.807, 2.05) is 12.1 Å². The fraction of sp³-hybridized carbons (Fsp3) is 0.667. The molecule has 1 aliphatic carbocycles. The zero-order chi connectivity index (χ0) is 18.9. The number of nitrogens with one attached hydrogen (secondary N) is 1. The molecule has 0 radical (unpaired) electrons.